The van der Waals surface area contributed by atoms with Gasteiger partial charge in [-0.3, -0.25) is 0 Å². The van der Waals surface area contributed by atoms with Crippen molar-refractivity contribution in [1.82, 2.24) is 9.71 Å². The number of nitrogens with zero attached hydrogens (tertiary/aromatic N) is 1. The van der Waals surface area contributed by atoms with Crippen molar-refractivity contribution >= 4 is 44.0 Å². The van der Waals surface area contributed by atoms with E-state index in [4.69, 9.17) is 11.6 Å². The van der Waals surface area contributed by atoms with Crippen LogP contribution in [0.3, 0.4) is 0 Å². The van der Waals surface area contributed by atoms with Crippen LogP contribution in [0, 0.1) is 0 Å². The summed E-state index contributed by atoms with van der Waals surface area (Å²) in [6, 6.07) is 3.90. The van der Waals surface area contributed by atoms with Crippen LogP contribution in [0.2, 0.25) is 5.15 Å². The van der Waals surface area contributed by atoms with E-state index in [0.29, 0.717) is 11.7 Å². The second-order valence-electron chi connectivity index (χ2n) is 4.96. The van der Waals surface area contributed by atoms with E-state index in [1.807, 2.05) is 26.8 Å². The molecule has 6 heteroatoms. The SMILES string of the molecule is CC(C)(C)[S@@](=O)NCc1cc2cnc(Cl)cc2s1. The van der Waals surface area contributed by atoms with Crippen LogP contribution in [0.25, 0.3) is 10.1 Å². The van der Waals surface area contributed by atoms with Gasteiger partial charge in [-0.1, -0.05) is 11.6 Å². The average molecular weight is 303 g/mol. The lowest BCUT2D eigenvalue weighted by molar-refractivity contribution is 0.635. The molecule has 1 N–H and O–H groups in total. The van der Waals surface area contributed by atoms with Crippen LogP contribution in [0.4, 0.5) is 0 Å². The first-order valence-electron chi connectivity index (χ1n) is 5.55. The van der Waals surface area contributed by atoms with Crippen LogP contribution in [-0.2, 0) is 17.5 Å². The second kappa shape index (κ2) is 5.25. The number of aromatic nitrogens is 1. The fourth-order valence-electron chi connectivity index (χ4n) is 1.40. The van der Waals surface area contributed by atoms with Gasteiger partial charge in [0.2, 0.25) is 0 Å². The number of hydrogen-bond donors (Lipinski definition) is 1. The van der Waals surface area contributed by atoms with Crippen molar-refractivity contribution in [3.8, 4) is 0 Å². The molecule has 2 rings (SSSR count). The maximum absolute atomic E-state index is 11.9. The van der Waals surface area contributed by atoms with Crippen LogP contribution >= 0.6 is 22.9 Å². The van der Waals surface area contributed by atoms with Gasteiger partial charge in [-0.05, 0) is 32.9 Å². The highest BCUT2D eigenvalue weighted by Gasteiger charge is 2.19. The molecule has 2 aromatic rings. The quantitative estimate of drug-likeness (QED) is 0.882. The monoisotopic (exact) mass is 302 g/mol. The zero-order chi connectivity index (χ0) is 13.3. The predicted octanol–water partition coefficient (Wildman–Crippen LogP) is 3.50. The molecule has 1 atom stereocenters. The fourth-order valence-corrected chi connectivity index (χ4v) is 3.45. The Balaban J connectivity index is 2.11. The summed E-state index contributed by atoms with van der Waals surface area (Å²) in [7, 11) is -1.05. The first kappa shape index (κ1) is 13.9. The van der Waals surface area contributed by atoms with Gasteiger partial charge in [0.15, 0.2) is 0 Å². The molecule has 2 aromatic heterocycles. The summed E-state index contributed by atoms with van der Waals surface area (Å²) in [5, 5.41) is 1.57. The highest BCUT2D eigenvalue weighted by atomic mass is 35.5. The summed E-state index contributed by atoms with van der Waals surface area (Å²) in [5.41, 5.74) is 0. The lowest BCUT2D eigenvalue weighted by atomic mass is 10.3. The summed E-state index contributed by atoms with van der Waals surface area (Å²) in [6.07, 6.45) is 1.76. The standard InChI is InChI=1S/C12H15ClN2OS2/c1-12(2,3)18(16)15-7-9-4-8-6-14-11(13)5-10(8)17-9/h4-6,15H,7H2,1-3H3/t18-/m1/s1. The molecule has 0 bridgehead atoms. The van der Waals surface area contributed by atoms with Crippen molar-refractivity contribution in [3.63, 3.8) is 0 Å². The Hall–Kier alpha value is -0.490. The number of hydrogen-bond acceptors (Lipinski definition) is 3. The summed E-state index contributed by atoms with van der Waals surface area (Å²) in [5.74, 6) is 0. The lowest BCUT2D eigenvalue weighted by Gasteiger charge is -2.17. The van der Waals surface area contributed by atoms with Crippen LogP contribution in [0.5, 0.6) is 0 Å². The van der Waals surface area contributed by atoms with Gasteiger partial charge < -0.3 is 0 Å². The van der Waals surface area contributed by atoms with Crippen LogP contribution in [0.15, 0.2) is 18.3 Å². The number of halogens is 1. The largest absolute Gasteiger partial charge is 0.244 e. The molecule has 3 nitrogen and oxygen atoms in total. The molecule has 0 saturated heterocycles. The molecule has 0 aliphatic carbocycles. The molecule has 0 aromatic carbocycles. The fraction of sp³-hybridized carbons (Fsp3) is 0.417. The predicted molar refractivity (Wildman–Crippen MR) is 79.4 cm³/mol. The van der Waals surface area contributed by atoms with E-state index in [1.165, 1.54) is 0 Å². The molecular weight excluding hydrogens is 288 g/mol. The third-order valence-electron chi connectivity index (χ3n) is 2.35. The zero-order valence-corrected chi connectivity index (χ0v) is 12.9. The van der Waals surface area contributed by atoms with Gasteiger partial charge in [-0.25, -0.2) is 13.9 Å². The minimum Gasteiger partial charge on any atom is -0.244 e. The topological polar surface area (TPSA) is 42.0 Å². The first-order valence-corrected chi connectivity index (χ1v) is 7.90. The molecule has 0 unspecified atom stereocenters. The molecule has 0 spiro atoms. The van der Waals surface area contributed by atoms with Crippen LogP contribution < -0.4 is 4.72 Å². The van der Waals surface area contributed by atoms with Crippen molar-refractivity contribution in [2.24, 2.45) is 0 Å². The number of rotatable bonds is 3. The minimum absolute atomic E-state index is 0.248. The van der Waals surface area contributed by atoms with Gasteiger partial charge in [0.25, 0.3) is 0 Å². The lowest BCUT2D eigenvalue weighted by Crippen LogP contribution is -2.32. The normalized spacial score (nSPS) is 14.0. The number of pyridine rings is 1. The Morgan fingerprint density at radius 3 is 2.83 bits per heavy atom. The third kappa shape index (κ3) is 3.29. The first-order chi connectivity index (χ1) is 8.36. The van der Waals surface area contributed by atoms with E-state index < -0.39 is 11.0 Å². The Morgan fingerprint density at radius 2 is 2.17 bits per heavy atom. The summed E-state index contributed by atoms with van der Waals surface area (Å²) >= 11 is 7.49. The van der Waals surface area contributed by atoms with E-state index in [2.05, 4.69) is 15.8 Å². The molecule has 18 heavy (non-hydrogen) atoms. The highest BCUT2D eigenvalue weighted by Crippen LogP contribution is 2.27. The Morgan fingerprint density at radius 1 is 1.44 bits per heavy atom. The molecule has 2 heterocycles. The Labute approximate surface area is 118 Å². The van der Waals surface area contributed by atoms with Crippen LogP contribution in [-0.4, -0.2) is 13.9 Å². The van der Waals surface area contributed by atoms with Gasteiger partial charge in [0, 0.05) is 27.7 Å². The van der Waals surface area contributed by atoms with E-state index in [9.17, 15) is 4.21 Å². The van der Waals surface area contributed by atoms with Crippen molar-refractivity contribution in [1.29, 1.82) is 0 Å². The van der Waals surface area contributed by atoms with Crippen molar-refractivity contribution in [3.05, 3.63) is 28.4 Å². The Kier molecular flexibility index (Phi) is 4.06. The van der Waals surface area contributed by atoms with Crippen molar-refractivity contribution in [2.45, 2.75) is 32.1 Å². The van der Waals surface area contributed by atoms with Gasteiger partial charge in [-0.15, -0.1) is 11.3 Å². The average Bonchev–Trinajstić information content (AvgIpc) is 2.66. The van der Waals surface area contributed by atoms with Crippen molar-refractivity contribution < 1.29 is 4.21 Å². The summed E-state index contributed by atoms with van der Waals surface area (Å²) in [4.78, 5) is 5.18. The highest BCUT2D eigenvalue weighted by molar-refractivity contribution is 7.84. The minimum atomic E-state index is -1.05. The molecule has 0 aliphatic rings. The number of fused-ring (bicyclic) bond motifs is 1. The second-order valence-corrected chi connectivity index (χ2v) is 8.57. The third-order valence-corrected chi connectivity index (χ3v) is 5.18. The summed E-state index contributed by atoms with van der Waals surface area (Å²) < 4.78 is 15.8. The smallest absolute Gasteiger partial charge is 0.130 e. The van der Waals surface area contributed by atoms with Gasteiger partial charge in [0.05, 0.1) is 15.7 Å². The molecule has 0 radical (unpaired) electrons. The molecule has 0 saturated carbocycles. The van der Waals surface area contributed by atoms with E-state index in [0.717, 1.165) is 15.0 Å². The van der Waals surface area contributed by atoms with E-state index in [-0.39, 0.29) is 4.75 Å². The Bertz CT molecular complexity index is 589. The van der Waals surface area contributed by atoms with Crippen molar-refractivity contribution in [2.75, 3.05) is 0 Å². The van der Waals surface area contributed by atoms with Gasteiger partial charge in [-0.2, -0.15) is 0 Å². The van der Waals surface area contributed by atoms with E-state index >= 15 is 0 Å². The van der Waals surface area contributed by atoms with Crippen LogP contribution in [0.1, 0.15) is 25.6 Å². The van der Waals surface area contributed by atoms with Gasteiger partial charge >= 0.3 is 0 Å². The maximum Gasteiger partial charge on any atom is 0.130 e. The van der Waals surface area contributed by atoms with Gasteiger partial charge in [0.1, 0.15) is 5.15 Å². The number of thiophene rings is 1. The number of nitrogens with one attached hydrogen (secondary N) is 1. The molecule has 0 fully saturated rings. The summed E-state index contributed by atoms with van der Waals surface area (Å²) in [6.45, 7) is 6.45. The molecule has 0 amide bonds. The molecule has 0 aliphatic heterocycles. The molecular formula is C12H15ClN2OS2. The molecule has 98 valence electrons. The maximum atomic E-state index is 11.9. The van der Waals surface area contributed by atoms with E-state index in [1.54, 1.807) is 17.5 Å². The zero-order valence-electron chi connectivity index (χ0n) is 10.5.